The fourth-order valence-electron chi connectivity index (χ4n) is 17.0. The molecule has 1 aliphatic rings. The van der Waals surface area contributed by atoms with Gasteiger partial charge in [0.2, 0.25) is 0 Å². The van der Waals surface area contributed by atoms with Gasteiger partial charge in [0.1, 0.15) is 0 Å². The van der Waals surface area contributed by atoms with Crippen molar-refractivity contribution in [3.05, 3.63) is 429 Å². The number of allylic oxidation sites excluding steroid dienone is 1. The Kier molecular flexibility index (Phi) is 16.5. The van der Waals surface area contributed by atoms with Crippen LogP contribution in [0.4, 0.5) is 5.69 Å². The zero-order chi connectivity index (χ0) is 65.1. The van der Waals surface area contributed by atoms with E-state index < -0.39 is 32.3 Å². The van der Waals surface area contributed by atoms with E-state index in [1.807, 2.05) is 0 Å². The third kappa shape index (κ3) is 10.2. The zero-order valence-electron chi connectivity index (χ0n) is 54.1. The van der Waals surface area contributed by atoms with Gasteiger partial charge in [0.05, 0.1) is 0 Å². The van der Waals surface area contributed by atoms with E-state index in [-0.39, 0.29) is 5.92 Å². The van der Waals surface area contributed by atoms with Crippen LogP contribution in [0.2, 0.25) is 0 Å². The summed E-state index contributed by atoms with van der Waals surface area (Å²) in [7, 11) is -12.7. The molecule has 15 aromatic carbocycles. The fourth-order valence-corrected chi connectivity index (χ4v) is 36.6. The standard InChI is InChI=1S/C92H73NSi4/c93-89-69-91(97(79-55-31-10-32-56-79,80-57-33-11-34-58-80)81-59-35-12-36-60-81)88-68-83(95(73-43-19-4-20-44-73,74-45-21-5-22-46-74)75-47-23-6-24-48-75)62-64-86(88)92(89)85-65-66-90(96(76-49-25-7-26-50-76,77-51-27-8-28-52-77)78-53-29-9-30-54-78)87-67-82(61-63-84(85)87)94(70-37-13-1-14-38-70,71-39-15-2-16-40-71)72-41-17-3-18-42-72/h1-64,66-69,85H,65,93H2/t85-/m1/s1. The van der Waals surface area contributed by atoms with Crippen LogP contribution < -0.4 is 83.5 Å². The predicted molar refractivity (Wildman–Crippen MR) is 424 cm³/mol. The number of anilines is 1. The van der Waals surface area contributed by atoms with Crippen molar-refractivity contribution >= 4 is 132 Å². The van der Waals surface area contributed by atoms with E-state index in [4.69, 9.17) is 5.73 Å². The molecular weight excluding hydrogens is 1230 g/mol. The maximum Gasteiger partial charge on any atom is 0.180 e. The molecule has 0 saturated heterocycles. The normalized spacial score (nSPS) is 13.3. The van der Waals surface area contributed by atoms with E-state index in [1.165, 1.54) is 110 Å². The summed E-state index contributed by atoms with van der Waals surface area (Å²) < 4.78 is 0. The van der Waals surface area contributed by atoms with Gasteiger partial charge in [-0.3, -0.25) is 0 Å². The molecule has 0 spiro atoms. The molecule has 0 fully saturated rings. The topological polar surface area (TPSA) is 26.0 Å². The second kappa shape index (κ2) is 26.3. The molecule has 0 amide bonds. The van der Waals surface area contributed by atoms with Gasteiger partial charge < -0.3 is 5.73 Å². The Balaban J connectivity index is 1.06. The van der Waals surface area contributed by atoms with E-state index in [9.17, 15) is 0 Å². The highest BCUT2D eigenvalue weighted by atomic mass is 28.3. The van der Waals surface area contributed by atoms with Crippen LogP contribution in [-0.4, -0.2) is 32.3 Å². The molecule has 1 nitrogen and oxygen atoms in total. The highest BCUT2D eigenvalue weighted by Gasteiger charge is 2.50. The van der Waals surface area contributed by atoms with Gasteiger partial charge in [-0.2, -0.15) is 0 Å². The number of fused-ring (bicyclic) bond motifs is 2. The van der Waals surface area contributed by atoms with Crippen molar-refractivity contribution in [2.45, 2.75) is 12.3 Å². The summed E-state index contributed by atoms with van der Waals surface area (Å²) in [4.78, 5) is 0. The number of nitrogens with two attached hydrogens (primary N) is 1. The Labute approximate surface area is 574 Å². The summed E-state index contributed by atoms with van der Waals surface area (Å²) in [5.74, 6) is -0.147. The van der Waals surface area contributed by atoms with Crippen molar-refractivity contribution in [3.8, 4) is 0 Å². The first-order chi connectivity index (χ1) is 48.1. The molecular formula is C92H73NSi4. The lowest BCUT2D eigenvalue weighted by atomic mass is 9.79. The first-order valence-electron chi connectivity index (χ1n) is 34.0. The Morgan fingerprint density at radius 1 is 0.227 bits per heavy atom. The van der Waals surface area contributed by atoms with Crippen molar-refractivity contribution in [2.24, 2.45) is 0 Å². The Hall–Kier alpha value is -11.0. The number of rotatable bonds is 17. The Morgan fingerprint density at radius 2 is 0.485 bits per heavy atom. The lowest BCUT2D eigenvalue weighted by Crippen LogP contribution is -2.75. The molecule has 15 aromatic rings. The van der Waals surface area contributed by atoms with Crippen LogP contribution in [0.3, 0.4) is 0 Å². The SMILES string of the molecule is Nc1cc([Si](c2ccccc2)(c2ccccc2)c2ccccc2)c2cc([Si](c3ccccc3)(c3ccccc3)c3ccccc3)ccc2c1[C@@H]1CC=C([Si](c2ccccc2)(c2ccccc2)c2ccccc2)c2cc([Si](c3ccccc3)(c3ccccc3)c3ccccc3)ccc21. The molecule has 0 radical (unpaired) electrons. The highest BCUT2D eigenvalue weighted by Crippen LogP contribution is 2.46. The van der Waals surface area contributed by atoms with Gasteiger partial charge in [-0.1, -0.05) is 406 Å². The Morgan fingerprint density at radius 3 is 0.784 bits per heavy atom. The van der Waals surface area contributed by atoms with E-state index in [0.29, 0.717) is 0 Å². The van der Waals surface area contributed by atoms with Gasteiger partial charge in [-0.25, -0.2) is 0 Å². The molecule has 0 aromatic heterocycles. The van der Waals surface area contributed by atoms with Crippen LogP contribution in [0, 0.1) is 0 Å². The summed E-state index contributed by atoms with van der Waals surface area (Å²) in [6.45, 7) is 0. The second-order valence-electron chi connectivity index (χ2n) is 25.8. The van der Waals surface area contributed by atoms with Crippen LogP contribution in [0.25, 0.3) is 16.0 Å². The van der Waals surface area contributed by atoms with Crippen molar-refractivity contribution in [1.82, 2.24) is 0 Å². The maximum absolute atomic E-state index is 8.35. The van der Waals surface area contributed by atoms with Gasteiger partial charge in [0, 0.05) is 11.6 Å². The van der Waals surface area contributed by atoms with E-state index in [2.05, 4.69) is 413 Å². The van der Waals surface area contributed by atoms with Crippen LogP contribution in [0.5, 0.6) is 0 Å². The monoisotopic (exact) mass is 1300 g/mol. The lowest BCUT2D eigenvalue weighted by Gasteiger charge is -2.42. The highest BCUT2D eigenvalue weighted by molar-refractivity contribution is 7.24. The molecule has 1 aliphatic carbocycles. The number of hydrogen-bond acceptors (Lipinski definition) is 1. The summed E-state index contributed by atoms with van der Waals surface area (Å²) in [5.41, 5.74) is 12.9. The minimum atomic E-state index is -3.30. The minimum Gasteiger partial charge on any atom is -0.398 e. The zero-order valence-corrected chi connectivity index (χ0v) is 58.1. The minimum absolute atomic E-state index is 0.147. The van der Waals surface area contributed by atoms with Crippen LogP contribution in [0.1, 0.15) is 29.0 Å². The average molecular weight is 1300 g/mol. The lowest BCUT2D eigenvalue weighted by molar-refractivity contribution is 0.828. The molecule has 0 heterocycles. The molecule has 1 atom stereocenters. The van der Waals surface area contributed by atoms with Crippen molar-refractivity contribution in [2.75, 3.05) is 5.73 Å². The molecule has 0 saturated carbocycles. The summed E-state index contributed by atoms with van der Waals surface area (Å²) >= 11 is 0. The van der Waals surface area contributed by atoms with Gasteiger partial charge in [-0.15, -0.1) is 0 Å². The number of benzene rings is 15. The molecule has 0 aliphatic heterocycles. The van der Waals surface area contributed by atoms with Crippen molar-refractivity contribution < 1.29 is 0 Å². The second-order valence-corrected chi connectivity index (χ2v) is 40.9. The fraction of sp³-hybridized carbons (Fsp3) is 0.0217. The third-order valence-corrected chi connectivity index (χ3v) is 40.2. The third-order valence-electron chi connectivity index (χ3n) is 21.0. The van der Waals surface area contributed by atoms with Gasteiger partial charge in [-0.05, 0) is 123 Å². The number of nitrogen functional groups attached to an aromatic ring is 1. The smallest absolute Gasteiger partial charge is 0.180 e. The Bertz CT molecular complexity index is 4820. The quantitative estimate of drug-likeness (QED) is 0.0549. The first-order valence-corrected chi connectivity index (χ1v) is 42.0. The van der Waals surface area contributed by atoms with E-state index >= 15 is 0 Å². The number of hydrogen-bond donors (Lipinski definition) is 1. The molecule has 97 heavy (non-hydrogen) atoms. The van der Waals surface area contributed by atoms with E-state index in [1.54, 1.807) is 0 Å². The molecule has 5 heteroatoms. The van der Waals surface area contributed by atoms with Crippen LogP contribution in [-0.2, 0) is 0 Å². The van der Waals surface area contributed by atoms with Crippen molar-refractivity contribution in [1.29, 1.82) is 0 Å². The molecule has 2 N–H and O–H groups in total. The molecule has 462 valence electrons. The van der Waals surface area contributed by atoms with Crippen LogP contribution in [0.15, 0.2) is 413 Å². The summed E-state index contributed by atoms with van der Waals surface area (Å²) in [5, 5.41) is 23.7. The molecule has 16 rings (SSSR count). The molecule has 0 unspecified atom stereocenters. The molecule has 0 bridgehead atoms. The summed E-state index contributed by atoms with van der Waals surface area (Å²) in [6.07, 6.45) is 3.42. The largest absolute Gasteiger partial charge is 0.398 e. The van der Waals surface area contributed by atoms with Gasteiger partial charge in [0.15, 0.2) is 32.3 Å². The first kappa shape index (κ1) is 60.9. The van der Waals surface area contributed by atoms with Crippen LogP contribution >= 0.6 is 0 Å². The van der Waals surface area contributed by atoms with Gasteiger partial charge >= 0.3 is 0 Å². The van der Waals surface area contributed by atoms with Gasteiger partial charge in [0.25, 0.3) is 0 Å². The van der Waals surface area contributed by atoms with E-state index in [0.717, 1.165) is 12.1 Å². The predicted octanol–water partition coefficient (Wildman–Crippen LogP) is 11.2. The van der Waals surface area contributed by atoms with Crippen molar-refractivity contribution in [3.63, 3.8) is 0 Å². The average Bonchev–Trinajstić information content (AvgIpc) is 0.707. The maximum atomic E-state index is 8.35. The summed E-state index contributed by atoms with van der Waals surface area (Å²) in [6, 6.07) is 155.